The average Bonchev–Trinajstić information content (AvgIpc) is 2.15. The number of anilines is 1. The van der Waals surface area contributed by atoms with E-state index >= 15 is 0 Å². The van der Waals surface area contributed by atoms with Crippen molar-refractivity contribution in [2.24, 2.45) is 0 Å². The molecule has 1 aromatic rings. The number of nitrogens with zero attached hydrogens (tertiary/aromatic N) is 1. The third-order valence-electron chi connectivity index (χ3n) is 2.35. The number of halogens is 1. The lowest BCUT2D eigenvalue weighted by Crippen LogP contribution is -2.39. The van der Waals surface area contributed by atoms with Crippen molar-refractivity contribution in [3.05, 3.63) is 29.8 Å². The van der Waals surface area contributed by atoms with Gasteiger partial charge in [-0.1, -0.05) is 18.2 Å². The fraction of sp³-hybridized carbons (Fsp3) is 0.300. The Kier molecular flexibility index (Phi) is 1.79. The SMILES string of the molecule is CN1C(=O)C(F)Cc2ccccc21. The van der Waals surface area contributed by atoms with Crippen LogP contribution in [-0.4, -0.2) is 19.1 Å². The molecule has 0 bridgehead atoms. The summed E-state index contributed by atoms with van der Waals surface area (Å²) < 4.78 is 13.1. The predicted molar refractivity (Wildman–Crippen MR) is 48.5 cm³/mol. The zero-order valence-electron chi connectivity index (χ0n) is 7.33. The first-order chi connectivity index (χ1) is 6.20. The van der Waals surface area contributed by atoms with Crippen LogP contribution in [0.5, 0.6) is 0 Å². The Morgan fingerprint density at radius 3 is 2.92 bits per heavy atom. The fourth-order valence-electron chi connectivity index (χ4n) is 1.62. The van der Waals surface area contributed by atoms with E-state index in [2.05, 4.69) is 0 Å². The number of benzene rings is 1. The number of hydrogen-bond donors (Lipinski definition) is 0. The Morgan fingerprint density at radius 2 is 2.15 bits per heavy atom. The van der Waals surface area contributed by atoms with Gasteiger partial charge in [0.1, 0.15) is 0 Å². The van der Waals surface area contributed by atoms with Gasteiger partial charge in [-0.05, 0) is 11.6 Å². The molecule has 0 spiro atoms. The van der Waals surface area contributed by atoms with Gasteiger partial charge in [0.15, 0.2) is 6.17 Å². The molecule has 0 fully saturated rings. The van der Waals surface area contributed by atoms with Crippen LogP contribution in [0.2, 0.25) is 0 Å². The summed E-state index contributed by atoms with van der Waals surface area (Å²) in [7, 11) is 1.60. The van der Waals surface area contributed by atoms with Crippen molar-refractivity contribution in [2.45, 2.75) is 12.6 Å². The average molecular weight is 179 g/mol. The number of para-hydroxylation sites is 1. The summed E-state index contributed by atoms with van der Waals surface area (Å²) in [4.78, 5) is 12.6. The van der Waals surface area contributed by atoms with Gasteiger partial charge in [-0.3, -0.25) is 4.79 Å². The molecular weight excluding hydrogens is 169 g/mol. The maximum atomic E-state index is 13.1. The second-order valence-electron chi connectivity index (χ2n) is 3.20. The molecule has 13 heavy (non-hydrogen) atoms. The summed E-state index contributed by atoms with van der Waals surface area (Å²) in [5.74, 6) is -0.446. The van der Waals surface area contributed by atoms with Gasteiger partial charge in [-0.25, -0.2) is 4.39 Å². The molecule has 1 heterocycles. The highest BCUT2D eigenvalue weighted by atomic mass is 19.1. The minimum Gasteiger partial charge on any atom is -0.313 e. The smallest absolute Gasteiger partial charge is 0.261 e. The van der Waals surface area contributed by atoms with Crippen molar-refractivity contribution in [1.29, 1.82) is 0 Å². The number of carbonyl (C=O) groups excluding carboxylic acids is 1. The zero-order chi connectivity index (χ0) is 9.42. The van der Waals surface area contributed by atoms with E-state index in [0.29, 0.717) is 0 Å². The summed E-state index contributed by atoms with van der Waals surface area (Å²) in [5, 5.41) is 0. The van der Waals surface area contributed by atoms with E-state index in [0.717, 1.165) is 11.3 Å². The van der Waals surface area contributed by atoms with Crippen molar-refractivity contribution < 1.29 is 9.18 Å². The summed E-state index contributed by atoms with van der Waals surface area (Å²) in [6, 6.07) is 7.39. The molecule has 1 aliphatic rings. The standard InChI is InChI=1S/C10H10FNO/c1-12-9-5-3-2-4-7(9)6-8(11)10(12)13/h2-5,8H,6H2,1H3. The van der Waals surface area contributed by atoms with Crippen molar-refractivity contribution >= 4 is 11.6 Å². The maximum Gasteiger partial charge on any atom is 0.261 e. The highest BCUT2D eigenvalue weighted by molar-refractivity contribution is 5.99. The third kappa shape index (κ3) is 1.20. The number of amides is 1. The van der Waals surface area contributed by atoms with E-state index in [4.69, 9.17) is 0 Å². The second kappa shape index (κ2) is 2.83. The Bertz CT molecular complexity index is 351. The molecular formula is C10H10FNO. The van der Waals surface area contributed by atoms with Crippen molar-refractivity contribution in [3.8, 4) is 0 Å². The molecule has 0 aliphatic carbocycles. The molecule has 2 rings (SSSR count). The van der Waals surface area contributed by atoms with E-state index in [1.165, 1.54) is 4.90 Å². The highest BCUT2D eigenvalue weighted by Crippen LogP contribution is 2.27. The van der Waals surface area contributed by atoms with Crippen molar-refractivity contribution in [2.75, 3.05) is 11.9 Å². The molecule has 0 N–H and O–H groups in total. The van der Waals surface area contributed by atoms with Crippen molar-refractivity contribution in [3.63, 3.8) is 0 Å². The summed E-state index contributed by atoms with van der Waals surface area (Å²) in [6.07, 6.45) is -1.17. The van der Waals surface area contributed by atoms with E-state index < -0.39 is 12.1 Å². The van der Waals surface area contributed by atoms with E-state index in [1.807, 2.05) is 24.3 Å². The van der Waals surface area contributed by atoms with Gasteiger partial charge in [0.25, 0.3) is 5.91 Å². The first-order valence-corrected chi connectivity index (χ1v) is 4.19. The van der Waals surface area contributed by atoms with Gasteiger partial charge >= 0.3 is 0 Å². The number of rotatable bonds is 0. The van der Waals surface area contributed by atoms with Gasteiger partial charge in [-0.15, -0.1) is 0 Å². The van der Waals surface area contributed by atoms with Crippen LogP contribution in [0.15, 0.2) is 24.3 Å². The molecule has 1 unspecified atom stereocenters. The molecule has 2 nitrogen and oxygen atoms in total. The van der Waals surface area contributed by atoms with Crippen molar-refractivity contribution in [1.82, 2.24) is 0 Å². The fourth-order valence-corrected chi connectivity index (χ4v) is 1.62. The molecule has 0 saturated heterocycles. The summed E-state index contributed by atoms with van der Waals surface area (Å²) in [5.41, 5.74) is 1.72. The molecule has 1 aromatic carbocycles. The van der Waals surface area contributed by atoms with Crippen LogP contribution in [0.25, 0.3) is 0 Å². The topological polar surface area (TPSA) is 20.3 Å². The van der Waals surface area contributed by atoms with Gasteiger partial charge < -0.3 is 4.90 Å². The summed E-state index contributed by atoms with van der Waals surface area (Å²) >= 11 is 0. The predicted octanol–water partition coefficient (Wildman–Crippen LogP) is 1.54. The molecule has 0 radical (unpaired) electrons. The third-order valence-corrected chi connectivity index (χ3v) is 2.35. The Morgan fingerprint density at radius 1 is 1.46 bits per heavy atom. The van der Waals surface area contributed by atoms with Crippen LogP contribution in [0, 0.1) is 0 Å². The molecule has 1 aliphatic heterocycles. The van der Waals surface area contributed by atoms with Gasteiger partial charge in [0.2, 0.25) is 0 Å². The van der Waals surface area contributed by atoms with E-state index in [9.17, 15) is 9.18 Å². The van der Waals surface area contributed by atoms with Gasteiger partial charge in [-0.2, -0.15) is 0 Å². The Balaban J connectivity index is 2.49. The van der Waals surface area contributed by atoms with Gasteiger partial charge in [0.05, 0.1) is 0 Å². The normalized spacial score (nSPS) is 21.5. The minimum atomic E-state index is -1.38. The lowest BCUT2D eigenvalue weighted by Gasteiger charge is -2.27. The van der Waals surface area contributed by atoms with Crippen LogP contribution < -0.4 is 4.90 Å². The van der Waals surface area contributed by atoms with Crippen LogP contribution in [0.4, 0.5) is 10.1 Å². The van der Waals surface area contributed by atoms with Crippen LogP contribution >= 0.6 is 0 Å². The molecule has 1 amide bonds. The minimum absolute atomic E-state index is 0.208. The number of carbonyl (C=O) groups is 1. The Labute approximate surface area is 76.0 Å². The largest absolute Gasteiger partial charge is 0.313 e. The number of hydrogen-bond acceptors (Lipinski definition) is 1. The van der Waals surface area contributed by atoms with E-state index in [1.54, 1.807) is 7.05 Å². The lowest BCUT2D eigenvalue weighted by atomic mass is 10.0. The lowest BCUT2D eigenvalue weighted by molar-refractivity contribution is -0.123. The second-order valence-corrected chi connectivity index (χ2v) is 3.20. The maximum absolute atomic E-state index is 13.1. The molecule has 3 heteroatoms. The van der Waals surface area contributed by atoms with Crippen LogP contribution in [-0.2, 0) is 11.2 Å². The van der Waals surface area contributed by atoms with Crippen LogP contribution in [0.3, 0.4) is 0 Å². The molecule has 1 atom stereocenters. The summed E-state index contributed by atoms with van der Waals surface area (Å²) in [6.45, 7) is 0. The quantitative estimate of drug-likeness (QED) is 0.591. The molecule has 0 saturated carbocycles. The first-order valence-electron chi connectivity index (χ1n) is 4.19. The molecule has 0 aromatic heterocycles. The number of fused-ring (bicyclic) bond motifs is 1. The zero-order valence-corrected chi connectivity index (χ0v) is 7.33. The van der Waals surface area contributed by atoms with Crippen LogP contribution in [0.1, 0.15) is 5.56 Å². The monoisotopic (exact) mass is 179 g/mol. The Hall–Kier alpha value is -1.38. The van der Waals surface area contributed by atoms with Gasteiger partial charge in [0, 0.05) is 19.2 Å². The number of alkyl halides is 1. The highest BCUT2D eigenvalue weighted by Gasteiger charge is 2.29. The molecule has 68 valence electrons. The first kappa shape index (κ1) is 8.23. The van der Waals surface area contributed by atoms with E-state index in [-0.39, 0.29) is 6.42 Å².